The van der Waals surface area contributed by atoms with Crippen molar-refractivity contribution in [2.24, 2.45) is 0 Å². The van der Waals surface area contributed by atoms with Crippen LogP contribution in [0.3, 0.4) is 0 Å². The Kier molecular flexibility index (Phi) is 6.58. The molecular formula is C24H19F3N4O4. The molecule has 0 aliphatic rings. The number of hydrogen-bond acceptors (Lipinski definition) is 6. The van der Waals surface area contributed by atoms with Gasteiger partial charge in [-0.05, 0) is 53.1 Å². The quantitative estimate of drug-likeness (QED) is 0.348. The molecule has 0 bridgehead atoms. The average molecular weight is 484 g/mol. The third-order valence-corrected chi connectivity index (χ3v) is 5.00. The molecular weight excluding hydrogens is 465 g/mol. The zero-order chi connectivity index (χ0) is 25.0. The molecule has 1 heterocycles. The first-order valence-electron chi connectivity index (χ1n) is 10.2. The van der Waals surface area contributed by atoms with Crippen molar-refractivity contribution >= 4 is 17.5 Å². The van der Waals surface area contributed by atoms with Crippen LogP contribution in [0.1, 0.15) is 16.1 Å². The van der Waals surface area contributed by atoms with Gasteiger partial charge in [-0.2, -0.15) is 0 Å². The van der Waals surface area contributed by atoms with Gasteiger partial charge in [0, 0.05) is 5.69 Å². The fourth-order valence-corrected chi connectivity index (χ4v) is 3.33. The van der Waals surface area contributed by atoms with Crippen LogP contribution in [0.4, 0.5) is 24.7 Å². The predicted molar refractivity (Wildman–Crippen MR) is 121 cm³/mol. The van der Waals surface area contributed by atoms with E-state index < -0.39 is 12.3 Å². The molecule has 0 fully saturated rings. The van der Waals surface area contributed by atoms with Crippen LogP contribution in [0.25, 0.3) is 11.1 Å². The fraction of sp³-hybridized carbons (Fsp3) is 0.125. The van der Waals surface area contributed by atoms with Crippen LogP contribution in [0.5, 0.6) is 11.5 Å². The number of ether oxygens (including phenoxy) is 2. The number of hydrogen-bond donors (Lipinski definition) is 2. The molecule has 0 amide bonds. The lowest BCUT2D eigenvalue weighted by Crippen LogP contribution is -2.16. The van der Waals surface area contributed by atoms with Gasteiger partial charge < -0.3 is 19.9 Å². The highest BCUT2D eigenvalue weighted by atomic mass is 19.4. The number of alkyl halides is 3. The summed E-state index contributed by atoms with van der Waals surface area (Å²) in [7, 11) is 1.57. The Morgan fingerprint density at radius 3 is 2.06 bits per heavy atom. The molecule has 0 aliphatic heterocycles. The molecule has 0 saturated carbocycles. The highest BCUT2D eigenvalue weighted by Gasteiger charge is 2.31. The van der Waals surface area contributed by atoms with Crippen LogP contribution in [0.2, 0.25) is 0 Å². The lowest BCUT2D eigenvalue weighted by molar-refractivity contribution is -0.274. The first-order valence-corrected chi connectivity index (χ1v) is 10.2. The van der Waals surface area contributed by atoms with E-state index in [9.17, 15) is 23.1 Å². The molecule has 0 atom stereocenters. The number of nitrogens with one attached hydrogen (secondary N) is 1. The van der Waals surface area contributed by atoms with Crippen molar-refractivity contribution < 1.29 is 32.5 Å². The van der Waals surface area contributed by atoms with Gasteiger partial charge >= 0.3 is 12.3 Å². The monoisotopic (exact) mass is 484 g/mol. The van der Waals surface area contributed by atoms with E-state index in [0.717, 1.165) is 11.1 Å². The van der Waals surface area contributed by atoms with Gasteiger partial charge in [-0.25, -0.2) is 9.48 Å². The number of anilines is 2. The second-order valence-corrected chi connectivity index (χ2v) is 7.37. The minimum Gasteiger partial charge on any atom is -0.497 e. The van der Waals surface area contributed by atoms with Crippen LogP contribution in [0, 0.1) is 0 Å². The van der Waals surface area contributed by atoms with Crippen LogP contribution in [0.15, 0.2) is 72.8 Å². The summed E-state index contributed by atoms with van der Waals surface area (Å²) in [5.74, 6) is -0.640. The Balaban J connectivity index is 1.52. The molecule has 0 saturated heterocycles. The van der Waals surface area contributed by atoms with Gasteiger partial charge in [0.1, 0.15) is 11.5 Å². The Morgan fingerprint density at radius 1 is 0.943 bits per heavy atom. The summed E-state index contributed by atoms with van der Waals surface area (Å²) in [5, 5.41) is 20.3. The molecule has 1 aromatic heterocycles. The molecule has 0 aliphatic carbocycles. The minimum atomic E-state index is -4.75. The van der Waals surface area contributed by atoms with Gasteiger partial charge in [0.15, 0.2) is 5.82 Å². The summed E-state index contributed by atoms with van der Waals surface area (Å²) in [6.45, 7) is 0.275. The summed E-state index contributed by atoms with van der Waals surface area (Å²) in [6, 6.07) is 19.7. The van der Waals surface area contributed by atoms with Crippen molar-refractivity contribution in [3.05, 3.63) is 84.1 Å². The molecule has 4 rings (SSSR count). The minimum absolute atomic E-state index is 0.203. The molecule has 11 heteroatoms. The van der Waals surface area contributed by atoms with Gasteiger partial charge in [-0.1, -0.05) is 41.6 Å². The summed E-state index contributed by atoms with van der Waals surface area (Å²) < 4.78 is 47.5. The molecule has 8 nitrogen and oxygen atoms in total. The number of carbonyl (C=O) groups is 1. The standard InChI is InChI=1S/C24H19F3N4O4/c1-34-19-10-2-15(3-11-19)14-31-22(21(23(32)33)29-30-31)28-18-8-4-16(5-9-18)17-6-12-20(13-7-17)35-24(25,26)27/h2-13,28H,14H2,1H3,(H,32,33). The van der Waals surface area contributed by atoms with Crippen molar-refractivity contribution in [1.82, 2.24) is 15.0 Å². The lowest BCUT2D eigenvalue weighted by atomic mass is 10.1. The number of nitrogens with zero attached hydrogens (tertiary/aromatic N) is 3. The normalized spacial score (nSPS) is 11.2. The Morgan fingerprint density at radius 2 is 1.51 bits per heavy atom. The van der Waals surface area contributed by atoms with Crippen molar-refractivity contribution in [2.45, 2.75) is 12.9 Å². The third kappa shape index (κ3) is 5.88. The number of halogens is 3. The zero-order valence-corrected chi connectivity index (χ0v) is 18.3. The smallest absolute Gasteiger partial charge is 0.497 e. The van der Waals surface area contributed by atoms with Crippen LogP contribution < -0.4 is 14.8 Å². The van der Waals surface area contributed by atoms with E-state index in [1.54, 1.807) is 43.5 Å². The third-order valence-electron chi connectivity index (χ3n) is 5.00. The maximum absolute atomic E-state index is 12.3. The van der Waals surface area contributed by atoms with E-state index >= 15 is 0 Å². The van der Waals surface area contributed by atoms with Crippen molar-refractivity contribution in [3.8, 4) is 22.6 Å². The second-order valence-electron chi connectivity index (χ2n) is 7.37. The number of methoxy groups -OCH3 is 1. The molecule has 0 spiro atoms. The SMILES string of the molecule is COc1ccc(Cn2nnc(C(=O)O)c2Nc2ccc(-c3ccc(OC(F)(F)F)cc3)cc2)cc1. The summed E-state index contributed by atoms with van der Waals surface area (Å²) in [4.78, 5) is 11.7. The predicted octanol–water partition coefficient (Wildman–Crippen LogP) is 5.34. The maximum Gasteiger partial charge on any atom is 0.573 e. The number of aromatic carboxylic acids is 1. The van der Waals surface area contributed by atoms with Crippen molar-refractivity contribution in [3.63, 3.8) is 0 Å². The lowest BCUT2D eigenvalue weighted by Gasteiger charge is -2.12. The van der Waals surface area contributed by atoms with Gasteiger partial charge in [0.25, 0.3) is 0 Å². The second kappa shape index (κ2) is 9.75. The Labute approximate surface area is 197 Å². The zero-order valence-electron chi connectivity index (χ0n) is 18.3. The Bertz CT molecular complexity index is 1300. The molecule has 35 heavy (non-hydrogen) atoms. The van der Waals surface area contributed by atoms with E-state index in [1.165, 1.54) is 28.9 Å². The summed E-state index contributed by atoms with van der Waals surface area (Å²) >= 11 is 0. The molecule has 2 N–H and O–H groups in total. The fourth-order valence-electron chi connectivity index (χ4n) is 3.33. The maximum atomic E-state index is 12.3. The number of benzene rings is 3. The van der Waals surface area contributed by atoms with E-state index in [-0.39, 0.29) is 23.8 Å². The van der Waals surface area contributed by atoms with E-state index in [2.05, 4.69) is 20.4 Å². The van der Waals surface area contributed by atoms with E-state index in [4.69, 9.17) is 4.74 Å². The number of carboxylic acid groups (broad SMARTS) is 1. The van der Waals surface area contributed by atoms with E-state index in [0.29, 0.717) is 17.0 Å². The highest BCUT2D eigenvalue weighted by molar-refractivity contribution is 5.91. The summed E-state index contributed by atoms with van der Waals surface area (Å²) in [6.07, 6.45) is -4.75. The van der Waals surface area contributed by atoms with Crippen LogP contribution in [-0.2, 0) is 6.54 Å². The van der Waals surface area contributed by atoms with Gasteiger partial charge in [0.2, 0.25) is 5.69 Å². The molecule has 180 valence electrons. The van der Waals surface area contributed by atoms with Crippen LogP contribution >= 0.6 is 0 Å². The average Bonchev–Trinajstić information content (AvgIpc) is 3.22. The van der Waals surface area contributed by atoms with Crippen molar-refractivity contribution in [2.75, 3.05) is 12.4 Å². The largest absolute Gasteiger partial charge is 0.573 e. The molecule has 3 aromatic carbocycles. The Hall–Kier alpha value is -4.54. The first kappa shape index (κ1) is 23.6. The number of aromatic nitrogens is 3. The highest BCUT2D eigenvalue weighted by Crippen LogP contribution is 2.28. The van der Waals surface area contributed by atoms with Gasteiger partial charge in [-0.15, -0.1) is 18.3 Å². The van der Waals surface area contributed by atoms with Gasteiger partial charge in [-0.3, -0.25) is 0 Å². The van der Waals surface area contributed by atoms with Gasteiger partial charge in [0.05, 0.1) is 13.7 Å². The number of rotatable bonds is 8. The first-order chi connectivity index (χ1) is 16.7. The topological polar surface area (TPSA) is 98.5 Å². The molecule has 0 radical (unpaired) electrons. The number of carboxylic acids is 1. The van der Waals surface area contributed by atoms with Crippen LogP contribution in [-0.4, -0.2) is 39.5 Å². The molecule has 4 aromatic rings. The van der Waals surface area contributed by atoms with E-state index in [1.807, 2.05) is 12.1 Å². The summed E-state index contributed by atoms with van der Waals surface area (Å²) in [5.41, 5.74) is 2.64. The molecule has 0 unspecified atom stereocenters. The van der Waals surface area contributed by atoms with Crippen molar-refractivity contribution in [1.29, 1.82) is 0 Å².